The lowest BCUT2D eigenvalue weighted by Gasteiger charge is -2.17. The summed E-state index contributed by atoms with van der Waals surface area (Å²) in [7, 11) is 3.57. The average molecular weight is 322 g/mol. The summed E-state index contributed by atoms with van der Waals surface area (Å²) in [6.45, 7) is 0. The van der Waals surface area contributed by atoms with Gasteiger partial charge in [-0.2, -0.15) is 0 Å². The van der Waals surface area contributed by atoms with E-state index in [1.807, 2.05) is 17.7 Å². The van der Waals surface area contributed by atoms with Crippen LogP contribution in [0.2, 0.25) is 0 Å². The normalized spacial score (nSPS) is 10.6. The first-order valence-corrected chi connectivity index (χ1v) is 7.61. The Morgan fingerprint density at radius 2 is 1.88 bits per heavy atom. The maximum Gasteiger partial charge on any atom is 0.276 e. The smallest absolute Gasteiger partial charge is 0.276 e. The van der Waals surface area contributed by atoms with Gasteiger partial charge < -0.3 is 9.47 Å². The Morgan fingerprint density at radius 1 is 1.08 bits per heavy atom. The Hall–Kier alpha value is -3.09. The van der Waals surface area contributed by atoms with E-state index in [4.69, 9.17) is 0 Å². The van der Waals surface area contributed by atoms with Crippen LogP contribution in [0.25, 0.3) is 0 Å². The highest BCUT2D eigenvalue weighted by atomic mass is 16.2. The third kappa shape index (κ3) is 3.29. The minimum absolute atomic E-state index is 0.125. The molecule has 7 nitrogen and oxygen atoms in total. The predicted octanol–water partition coefficient (Wildman–Crippen LogP) is 1.67. The molecule has 7 heteroatoms. The van der Waals surface area contributed by atoms with Crippen molar-refractivity contribution in [3.05, 3.63) is 66.5 Å². The zero-order valence-corrected chi connectivity index (χ0v) is 13.6. The minimum Gasteiger partial charge on any atom is -0.327 e. The van der Waals surface area contributed by atoms with E-state index in [9.17, 15) is 4.79 Å². The van der Waals surface area contributed by atoms with Gasteiger partial charge in [-0.15, -0.1) is 0 Å². The lowest BCUT2D eigenvalue weighted by molar-refractivity contribution is 0.0985. The number of hydrogen-bond acceptors (Lipinski definition) is 5. The molecule has 0 unspecified atom stereocenters. The quantitative estimate of drug-likeness (QED) is 0.714. The highest BCUT2D eigenvalue weighted by Gasteiger charge is 2.19. The van der Waals surface area contributed by atoms with Crippen molar-refractivity contribution in [1.29, 1.82) is 0 Å². The second kappa shape index (κ2) is 6.99. The van der Waals surface area contributed by atoms with Crippen molar-refractivity contribution in [1.82, 2.24) is 24.5 Å². The van der Waals surface area contributed by atoms with E-state index in [-0.39, 0.29) is 5.91 Å². The summed E-state index contributed by atoms with van der Waals surface area (Å²) in [5.74, 6) is 1.46. The largest absolute Gasteiger partial charge is 0.327 e. The first-order valence-electron chi connectivity index (χ1n) is 7.61. The molecule has 1 amide bonds. The highest BCUT2D eigenvalue weighted by molar-refractivity contribution is 6.04. The second-order valence-corrected chi connectivity index (χ2v) is 5.36. The summed E-state index contributed by atoms with van der Waals surface area (Å²) in [4.78, 5) is 31.1. The molecule has 0 spiro atoms. The number of carbonyl (C=O) groups is 1. The number of aromatic nitrogens is 5. The van der Waals surface area contributed by atoms with Crippen molar-refractivity contribution in [2.75, 3.05) is 11.9 Å². The Morgan fingerprint density at radius 3 is 2.58 bits per heavy atom. The Kier molecular flexibility index (Phi) is 4.60. The first kappa shape index (κ1) is 15.8. The van der Waals surface area contributed by atoms with Gasteiger partial charge in [-0.05, 0) is 18.2 Å². The SMILES string of the molecule is CN(C(=O)c1cnc(CCc2ncccn2)n1C)c1cccnc1. The van der Waals surface area contributed by atoms with Gasteiger partial charge in [0, 0.05) is 45.5 Å². The molecule has 0 saturated heterocycles. The molecule has 0 saturated carbocycles. The molecule has 0 aliphatic heterocycles. The summed E-state index contributed by atoms with van der Waals surface area (Å²) < 4.78 is 1.82. The third-order valence-electron chi connectivity index (χ3n) is 3.83. The maximum atomic E-state index is 12.7. The van der Waals surface area contributed by atoms with Crippen molar-refractivity contribution in [3.63, 3.8) is 0 Å². The van der Waals surface area contributed by atoms with Crippen LogP contribution in [0.3, 0.4) is 0 Å². The van der Waals surface area contributed by atoms with Crippen molar-refractivity contribution < 1.29 is 4.79 Å². The van der Waals surface area contributed by atoms with Crippen molar-refractivity contribution in [3.8, 4) is 0 Å². The number of nitrogens with zero attached hydrogens (tertiary/aromatic N) is 6. The summed E-state index contributed by atoms with van der Waals surface area (Å²) in [5, 5.41) is 0. The minimum atomic E-state index is -0.125. The first-order chi connectivity index (χ1) is 11.7. The van der Waals surface area contributed by atoms with E-state index < -0.39 is 0 Å². The maximum absolute atomic E-state index is 12.7. The Bertz CT molecular complexity index is 816. The van der Waals surface area contributed by atoms with Gasteiger partial charge in [-0.25, -0.2) is 15.0 Å². The molecule has 0 aliphatic carbocycles. The molecule has 3 rings (SSSR count). The molecular weight excluding hydrogens is 304 g/mol. The molecule has 0 N–H and O–H groups in total. The Balaban J connectivity index is 1.73. The molecule has 24 heavy (non-hydrogen) atoms. The van der Waals surface area contributed by atoms with Crippen molar-refractivity contribution >= 4 is 11.6 Å². The topological polar surface area (TPSA) is 76.8 Å². The van der Waals surface area contributed by atoms with Crippen LogP contribution in [0, 0.1) is 0 Å². The number of anilines is 1. The van der Waals surface area contributed by atoms with Crippen molar-refractivity contribution in [2.45, 2.75) is 12.8 Å². The number of rotatable bonds is 5. The second-order valence-electron chi connectivity index (χ2n) is 5.36. The van der Waals surface area contributed by atoms with E-state index in [0.717, 1.165) is 17.3 Å². The van der Waals surface area contributed by atoms with Gasteiger partial charge in [-0.1, -0.05) is 0 Å². The van der Waals surface area contributed by atoms with Gasteiger partial charge in [0.2, 0.25) is 0 Å². The number of carbonyl (C=O) groups excluding carboxylic acids is 1. The number of amides is 1. The van der Waals surface area contributed by atoms with Gasteiger partial charge in [-0.3, -0.25) is 9.78 Å². The molecule has 3 aromatic rings. The molecule has 0 aliphatic rings. The fourth-order valence-electron chi connectivity index (χ4n) is 2.40. The molecule has 0 atom stereocenters. The fourth-order valence-corrected chi connectivity index (χ4v) is 2.40. The fraction of sp³-hybridized carbons (Fsp3) is 0.235. The number of aryl methyl sites for hydroxylation is 2. The molecule has 0 aromatic carbocycles. The van der Waals surface area contributed by atoms with Gasteiger partial charge in [0.25, 0.3) is 5.91 Å². The van der Waals surface area contributed by atoms with E-state index >= 15 is 0 Å². The molecular formula is C17H18N6O. The lowest BCUT2D eigenvalue weighted by Crippen LogP contribution is -2.28. The number of pyridine rings is 1. The standard InChI is InChI=1S/C17H18N6O/c1-22(13-5-3-8-18-11-13)17(24)14-12-21-16(23(14)2)7-6-15-19-9-4-10-20-15/h3-5,8-12H,6-7H2,1-2H3. The highest BCUT2D eigenvalue weighted by Crippen LogP contribution is 2.14. The average Bonchev–Trinajstić information content (AvgIpc) is 3.01. The number of hydrogen-bond donors (Lipinski definition) is 0. The molecule has 3 aromatic heterocycles. The van der Waals surface area contributed by atoms with E-state index in [2.05, 4.69) is 19.9 Å². The van der Waals surface area contributed by atoms with E-state index in [1.54, 1.807) is 55.1 Å². The predicted molar refractivity (Wildman–Crippen MR) is 89.6 cm³/mol. The number of imidazole rings is 1. The van der Waals surface area contributed by atoms with Crippen LogP contribution in [0.4, 0.5) is 5.69 Å². The molecule has 0 fully saturated rings. The van der Waals surface area contributed by atoms with Crippen LogP contribution in [-0.2, 0) is 19.9 Å². The van der Waals surface area contributed by atoms with Gasteiger partial charge in [0.15, 0.2) is 0 Å². The van der Waals surface area contributed by atoms with Crippen LogP contribution in [0.5, 0.6) is 0 Å². The summed E-state index contributed by atoms with van der Waals surface area (Å²) >= 11 is 0. The van der Waals surface area contributed by atoms with Gasteiger partial charge in [0.05, 0.1) is 18.1 Å². The summed E-state index contributed by atoms with van der Waals surface area (Å²) in [6, 6.07) is 5.43. The molecule has 122 valence electrons. The molecule has 0 radical (unpaired) electrons. The monoisotopic (exact) mass is 322 g/mol. The van der Waals surface area contributed by atoms with E-state index in [1.165, 1.54) is 0 Å². The Labute approximate surface area is 140 Å². The summed E-state index contributed by atoms with van der Waals surface area (Å²) in [6.07, 6.45) is 9.73. The summed E-state index contributed by atoms with van der Waals surface area (Å²) in [5.41, 5.74) is 1.27. The van der Waals surface area contributed by atoms with Crippen LogP contribution in [0.15, 0.2) is 49.2 Å². The van der Waals surface area contributed by atoms with Gasteiger partial charge in [0.1, 0.15) is 17.3 Å². The zero-order chi connectivity index (χ0) is 16.9. The van der Waals surface area contributed by atoms with Crippen LogP contribution < -0.4 is 4.90 Å². The van der Waals surface area contributed by atoms with Crippen molar-refractivity contribution in [2.24, 2.45) is 7.05 Å². The zero-order valence-electron chi connectivity index (χ0n) is 13.6. The van der Waals surface area contributed by atoms with E-state index in [0.29, 0.717) is 18.5 Å². The molecule has 3 heterocycles. The third-order valence-corrected chi connectivity index (χ3v) is 3.83. The van der Waals surface area contributed by atoms with Crippen LogP contribution in [0.1, 0.15) is 22.1 Å². The molecule has 0 bridgehead atoms. The van der Waals surface area contributed by atoms with Crippen LogP contribution >= 0.6 is 0 Å². The lowest BCUT2D eigenvalue weighted by atomic mass is 10.3. The van der Waals surface area contributed by atoms with Crippen LogP contribution in [-0.4, -0.2) is 37.5 Å². The van der Waals surface area contributed by atoms with Gasteiger partial charge >= 0.3 is 0 Å².